The number of carbonyl (C=O) groups is 1. The molecule has 1 aromatic carbocycles. The monoisotopic (exact) mass is 262 g/mol. The van der Waals surface area contributed by atoms with E-state index in [9.17, 15) is 4.79 Å². The van der Waals surface area contributed by atoms with E-state index in [1.165, 1.54) is 11.1 Å². The van der Waals surface area contributed by atoms with E-state index in [0.29, 0.717) is 13.0 Å². The molecule has 0 aromatic heterocycles. The van der Waals surface area contributed by atoms with Gasteiger partial charge in [0.25, 0.3) is 0 Å². The first kappa shape index (κ1) is 15.7. The second-order valence-corrected chi connectivity index (χ2v) is 5.12. The highest BCUT2D eigenvalue weighted by atomic mass is 16.5. The lowest BCUT2D eigenvalue weighted by Gasteiger charge is -2.04. The zero-order valence-electron chi connectivity index (χ0n) is 12.3. The highest BCUT2D eigenvalue weighted by Crippen LogP contribution is 2.09. The Morgan fingerprint density at radius 2 is 1.79 bits per heavy atom. The van der Waals surface area contributed by atoms with Gasteiger partial charge in [0.2, 0.25) is 0 Å². The molecule has 0 aliphatic carbocycles. The number of hydrogen-bond acceptors (Lipinski definition) is 2. The van der Waals surface area contributed by atoms with Gasteiger partial charge in [-0.2, -0.15) is 0 Å². The Hall–Kier alpha value is -1.31. The zero-order valence-corrected chi connectivity index (χ0v) is 12.3. The van der Waals surface area contributed by atoms with Crippen molar-refractivity contribution in [2.75, 3.05) is 6.61 Å². The lowest BCUT2D eigenvalue weighted by molar-refractivity contribution is -0.143. The minimum absolute atomic E-state index is 0.0417. The molecule has 0 radical (unpaired) electrons. The van der Waals surface area contributed by atoms with Crippen molar-refractivity contribution >= 4 is 5.97 Å². The summed E-state index contributed by atoms with van der Waals surface area (Å²) >= 11 is 0. The molecule has 0 aliphatic heterocycles. The van der Waals surface area contributed by atoms with Crippen LogP contribution in [0.3, 0.4) is 0 Å². The number of carbonyl (C=O) groups excluding carboxylic acids is 1. The molecule has 0 heterocycles. The Bertz CT molecular complexity index is 354. The molecule has 0 N–H and O–H groups in total. The Labute approximate surface area is 117 Å². The number of esters is 1. The van der Waals surface area contributed by atoms with Gasteiger partial charge in [0.1, 0.15) is 0 Å². The zero-order chi connectivity index (χ0) is 13.9. The SMILES string of the molecule is CCCCCOC(=O)CCCCc1ccc(C)cc1. The Balaban J connectivity index is 2.03. The molecular formula is C17H26O2. The molecule has 2 nitrogen and oxygen atoms in total. The lowest BCUT2D eigenvalue weighted by atomic mass is 10.1. The minimum atomic E-state index is -0.0417. The van der Waals surface area contributed by atoms with E-state index in [2.05, 4.69) is 38.1 Å². The standard InChI is InChI=1S/C17H26O2/c1-3-4-7-14-19-17(18)9-6-5-8-16-12-10-15(2)11-13-16/h10-13H,3-9,14H2,1-2H3. The van der Waals surface area contributed by atoms with Crippen molar-refractivity contribution in [2.45, 2.75) is 58.8 Å². The van der Waals surface area contributed by atoms with E-state index < -0.39 is 0 Å². The topological polar surface area (TPSA) is 26.3 Å². The molecule has 19 heavy (non-hydrogen) atoms. The smallest absolute Gasteiger partial charge is 0.305 e. The summed E-state index contributed by atoms with van der Waals surface area (Å²) in [5.74, 6) is -0.0417. The third kappa shape index (κ3) is 7.66. The molecule has 106 valence electrons. The maximum Gasteiger partial charge on any atom is 0.305 e. The number of benzene rings is 1. The summed E-state index contributed by atoms with van der Waals surface area (Å²) in [5.41, 5.74) is 2.64. The summed E-state index contributed by atoms with van der Waals surface area (Å²) in [5, 5.41) is 0. The largest absolute Gasteiger partial charge is 0.466 e. The Morgan fingerprint density at radius 1 is 1.05 bits per heavy atom. The highest BCUT2D eigenvalue weighted by Gasteiger charge is 2.02. The average Bonchev–Trinajstić information content (AvgIpc) is 2.42. The highest BCUT2D eigenvalue weighted by molar-refractivity contribution is 5.69. The number of aryl methyl sites for hydroxylation is 2. The number of ether oxygens (including phenoxy) is 1. The third-order valence-electron chi connectivity index (χ3n) is 3.23. The first-order valence-electron chi connectivity index (χ1n) is 7.43. The summed E-state index contributed by atoms with van der Waals surface area (Å²) in [4.78, 5) is 11.4. The van der Waals surface area contributed by atoms with Gasteiger partial charge in [-0.15, -0.1) is 0 Å². The van der Waals surface area contributed by atoms with Crippen molar-refractivity contribution in [2.24, 2.45) is 0 Å². The van der Waals surface area contributed by atoms with Crippen LogP contribution in [0, 0.1) is 6.92 Å². The van der Waals surface area contributed by atoms with E-state index in [0.717, 1.165) is 38.5 Å². The Kier molecular flexibility index (Phi) is 7.95. The second kappa shape index (κ2) is 9.60. The maximum absolute atomic E-state index is 11.4. The molecule has 0 atom stereocenters. The lowest BCUT2D eigenvalue weighted by Crippen LogP contribution is -2.05. The van der Waals surface area contributed by atoms with Gasteiger partial charge in [-0.3, -0.25) is 4.79 Å². The van der Waals surface area contributed by atoms with Crippen molar-refractivity contribution in [3.05, 3.63) is 35.4 Å². The van der Waals surface area contributed by atoms with Crippen LogP contribution in [0.15, 0.2) is 24.3 Å². The van der Waals surface area contributed by atoms with E-state index in [-0.39, 0.29) is 5.97 Å². The van der Waals surface area contributed by atoms with Crippen LogP contribution in [-0.2, 0) is 16.0 Å². The van der Waals surface area contributed by atoms with Crippen molar-refractivity contribution in [1.82, 2.24) is 0 Å². The van der Waals surface area contributed by atoms with Crippen LogP contribution < -0.4 is 0 Å². The normalized spacial score (nSPS) is 10.4. The molecule has 0 saturated heterocycles. The third-order valence-corrected chi connectivity index (χ3v) is 3.23. The van der Waals surface area contributed by atoms with Crippen molar-refractivity contribution in [1.29, 1.82) is 0 Å². The summed E-state index contributed by atoms with van der Waals surface area (Å²) in [6, 6.07) is 8.60. The molecule has 1 rings (SSSR count). The van der Waals surface area contributed by atoms with Crippen LogP contribution in [-0.4, -0.2) is 12.6 Å². The number of unbranched alkanes of at least 4 members (excludes halogenated alkanes) is 3. The fourth-order valence-corrected chi connectivity index (χ4v) is 1.96. The van der Waals surface area contributed by atoms with Crippen LogP contribution in [0.25, 0.3) is 0 Å². The molecule has 0 unspecified atom stereocenters. The number of hydrogen-bond donors (Lipinski definition) is 0. The molecule has 0 spiro atoms. The second-order valence-electron chi connectivity index (χ2n) is 5.12. The van der Waals surface area contributed by atoms with Gasteiger partial charge in [0.05, 0.1) is 6.61 Å². The van der Waals surface area contributed by atoms with Crippen LogP contribution >= 0.6 is 0 Å². The van der Waals surface area contributed by atoms with E-state index in [4.69, 9.17) is 4.74 Å². The van der Waals surface area contributed by atoms with Crippen molar-refractivity contribution in [3.8, 4) is 0 Å². The molecule has 0 fully saturated rings. The fourth-order valence-electron chi connectivity index (χ4n) is 1.96. The molecule has 2 heteroatoms. The first-order valence-corrected chi connectivity index (χ1v) is 7.43. The minimum Gasteiger partial charge on any atom is -0.466 e. The van der Waals surface area contributed by atoms with Crippen LogP contribution in [0.5, 0.6) is 0 Å². The molecule has 1 aromatic rings. The molecule has 0 amide bonds. The van der Waals surface area contributed by atoms with E-state index in [1.54, 1.807) is 0 Å². The van der Waals surface area contributed by atoms with E-state index in [1.807, 2.05) is 0 Å². The van der Waals surface area contributed by atoms with Crippen molar-refractivity contribution < 1.29 is 9.53 Å². The maximum atomic E-state index is 11.4. The van der Waals surface area contributed by atoms with Gasteiger partial charge >= 0.3 is 5.97 Å². The van der Waals surface area contributed by atoms with Gasteiger partial charge in [-0.05, 0) is 38.2 Å². The van der Waals surface area contributed by atoms with Crippen molar-refractivity contribution in [3.63, 3.8) is 0 Å². The van der Waals surface area contributed by atoms with Gasteiger partial charge in [-0.25, -0.2) is 0 Å². The Morgan fingerprint density at radius 3 is 2.47 bits per heavy atom. The van der Waals surface area contributed by atoms with E-state index >= 15 is 0 Å². The van der Waals surface area contributed by atoms with Gasteiger partial charge in [0, 0.05) is 6.42 Å². The van der Waals surface area contributed by atoms with Crippen LogP contribution in [0.4, 0.5) is 0 Å². The van der Waals surface area contributed by atoms with Crippen LogP contribution in [0.1, 0.15) is 56.6 Å². The predicted octanol–water partition coefficient (Wildman–Crippen LogP) is 4.44. The summed E-state index contributed by atoms with van der Waals surface area (Å²) in [6.45, 7) is 4.83. The molecule has 0 aliphatic rings. The summed E-state index contributed by atoms with van der Waals surface area (Å²) in [6.07, 6.45) is 6.86. The molecule has 0 bridgehead atoms. The quantitative estimate of drug-likeness (QED) is 0.486. The van der Waals surface area contributed by atoms with Crippen LogP contribution in [0.2, 0.25) is 0 Å². The summed E-state index contributed by atoms with van der Waals surface area (Å²) in [7, 11) is 0. The number of rotatable bonds is 9. The van der Waals surface area contributed by atoms with Gasteiger partial charge in [0.15, 0.2) is 0 Å². The molecular weight excluding hydrogens is 236 g/mol. The average molecular weight is 262 g/mol. The fraction of sp³-hybridized carbons (Fsp3) is 0.588. The van der Waals surface area contributed by atoms with Gasteiger partial charge < -0.3 is 4.74 Å². The van der Waals surface area contributed by atoms with Gasteiger partial charge in [-0.1, -0.05) is 49.6 Å². The first-order chi connectivity index (χ1) is 9.22. The molecule has 0 saturated carbocycles. The summed E-state index contributed by atoms with van der Waals surface area (Å²) < 4.78 is 5.17. The predicted molar refractivity (Wildman–Crippen MR) is 79.2 cm³/mol.